The Morgan fingerprint density at radius 3 is 2.41 bits per heavy atom. The zero-order chi connectivity index (χ0) is 20.9. The second-order valence-electron chi connectivity index (χ2n) is 6.52. The maximum Gasteiger partial charge on any atom is 0.243 e. The lowest BCUT2D eigenvalue weighted by molar-refractivity contribution is -0.131. The summed E-state index contributed by atoms with van der Waals surface area (Å²) in [5.41, 5.74) is 0. The number of ether oxygens (including phenoxy) is 1. The van der Waals surface area contributed by atoms with E-state index in [2.05, 4.69) is 0 Å². The number of sulfonamides is 1. The van der Waals surface area contributed by atoms with E-state index in [1.54, 1.807) is 35.9 Å². The van der Waals surface area contributed by atoms with Crippen LogP contribution in [0.3, 0.4) is 0 Å². The third-order valence-electron chi connectivity index (χ3n) is 4.67. The van der Waals surface area contributed by atoms with E-state index in [-0.39, 0.29) is 23.9 Å². The molecule has 0 bridgehead atoms. The first-order valence-electron chi connectivity index (χ1n) is 9.20. The largest absolute Gasteiger partial charge is 0.497 e. The number of halogens is 1. The highest BCUT2D eigenvalue weighted by molar-refractivity contribution is 7.99. The lowest BCUT2D eigenvalue weighted by atomic mass is 10.3. The monoisotopic (exact) mass is 454 g/mol. The minimum Gasteiger partial charge on any atom is -0.497 e. The number of amides is 1. The van der Waals surface area contributed by atoms with E-state index in [9.17, 15) is 13.2 Å². The predicted octanol–water partition coefficient (Wildman–Crippen LogP) is 3.36. The normalized spacial score (nSPS) is 15.3. The van der Waals surface area contributed by atoms with E-state index >= 15 is 0 Å². The van der Waals surface area contributed by atoms with Gasteiger partial charge in [-0.15, -0.1) is 11.8 Å². The maximum absolute atomic E-state index is 12.7. The van der Waals surface area contributed by atoms with Crippen LogP contribution in [0, 0.1) is 0 Å². The van der Waals surface area contributed by atoms with Crippen LogP contribution >= 0.6 is 23.4 Å². The summed E-state index contributed by atoms with van der Waals surface area (Å²) in [5, 5.41) is 0.384. The minimum atomic E-state index is -3.60. The molecule has 6 nitrogen and oxygen atoms in total. The molecule has 3 rings (SSSR count). The van der Waals surface area contributed by atoms with Crippen molar-refractivity contribution in [3.05, 3.63) is 53.6 Å². The van der Waals surface area contributed by atoms with Crippen LogP contribution in [-0.4, -0.2) is 62.6 Å². The summed E-state index contributed by atoms with van der Waals surface area (Å²) in [4.78, 5) is 15.5. The van der Waals surface area contributed by atoms with Crippen molar-refractivity contribution in [1.82, 2.24) is 9.21 Å². The summed E-state index contributed by atoms with van der Waals surface area (Å²) in [7, 11) is -1.97. The molecule has 0 aromatic heterocycles. The molecule has 1 heterocycles. The first kappa shape index (κ1) is 22.0. The van der Waals surface area contributed by atoms with Crippen LogP contribution in [0.2, 0.25) is 5.02 Å². The van der Waals surface area contributed by atoms with Crippen molar-refractivity contribution in [2.24, 2.45) is 0 Å². The number of thioether (sulfide) groups is 1. The quantitative estimate of drug-likeness (QED) is 0.600. The van der Waals surface area contributed by atoms with Crippen LogP contribution in [0.1, 0.15) is 6.42 Å². The van der Waals surface area contributed by atoms with Crippen molar-refractivity contribution >= 4 is 39.3 Å². The molecule has 1 aliphatic rings. The van der Waals surface area contributed by atoms with E-state index in [0.29, 0.717) is 30.3 Å². The van der Waals surface area contributed by atoms with Gasteiger partial charge in [0.15, 0.2) is 0 Å². The van der Waals surface area contributed by atoms with E-state index < -0.39 is 10.0 Å². The van der Waals surface area contributed by atoms with Gasteiger partial charge < -0.3 is 9.64 Å². The summed E-state index contributed by atoms with van der Waals surface area (Å²) < 4.78 is 32.0. The second kappa shape index (κ2) is 9.84. The highest BCUT2D eigenvalue weighted by Gasteiger charge is 2.30. The van der Waals surface area contributed by atoms with Crippen molar-refractivity contribution in [2.45, 2.75) is 16.2 Å². The van der Waals surface area contributed by atoms with Crippen LogP contribution < -0.4 is 4.74 Å². The van der Waals surface area contributed by atoms with Gasteiger partial charge in [0.05, 0.1) is 12.0 Å². The number of benzene rings is 2. The zero-order valence-electron chi connectivity index (χ0n) is 16.1. The molecule has 0 unspecified atom stereocenters. The van der Waals surface area contributed by atoms with Gasteiger partial charge >= 0.3 is 0 Å². The first-order chi connectivity index (χ1) is 13.9. The molecule has 9 heteroatoms. The van der Waals surface area contributed by atoms with Crippen molar-refractivity contribution in [3.63, 3.8) is 0 Å². The van der Waals surface area contributed by atoms with Crippen LogP contribution in [0.15, 0.2) is 58.3 Å². The number of piperazine rings is 1. The van der Waals surface area contributed by atoms with Crippen LogP contribution in [-0.2, 0) is 14.8 Å². The summed E-state index contributed by atoms with van der Waals surface area (Å²) in [5.74, 6) is 1.52. The molecule has 2 aromatic carbocycles. The van der Waals surface area contributed by atoms with Crippen molar-refractivity contribution in [1.29, 1.82) is 0 Å². The molecule has 0 atom stereocenters. The van der Waals surface area contributed by atoms with Crippen LogP contribution in [0.5, 0.6) is 5.75 Å². The van der Waals surface area contributed by atoms with Gasteiger partial charge in [0.2, 0.25) is 15.9 Å². The van der Waals surface area contributed by atoms with Crippen molar-refractivity contribution in [3.8, 4) is 5.75 Å². The number of hydrogen-bond donors (Lipinski definition) is 0. The fourth-order valence-electron chi connectivity index (χ4n) is 3.04. The Hall–Kier alpha value is -1.74. The molecule has 0 saturated carbocycles. The molecule has 1 amide bonds. The molecule has 29 heavy (non-hydrogen) atoms. The van der Waals surface area contributed by atoms with E-state index in [1.807, 2.05) is 24.3 Å². The number of nitrogens with zero attached hydrogens (tertiary/aromatic N) is 2. The molecule has 1 fully saturated rings. The lowest BCUT2D eigenvalue weighted by Gasteiger charge is -2.34. The highest BCUT2D eigenvalue weighted by atomic mass is 35.5. The molecule has 0 N–H and O–H groups in total. The molecular formula is C20H23ClN2O4S2. The number of hydrogen-bond acceptors (Lipinski definition) is 5. The fraction of sp³-hybridized carbons (Fsp3) is 0.350. The summed E-state index contributed by atoms with van der Waals surface area (Å²) in [6, 6.07) is 14.0. The van der Waals surface area contributed by atoms with Gasteiger partial charge in [-0.1, -0.05) is 17.7 Å². The Balaban J connectivity index is 1.47. The summed E-state index contributed by atoms with van der Waals surface area (Å²) >= 11 is 7.53. The highest BCUT2D eigenvalue weighted by Crippen LogP contribution is 2.23. The number of rotatable bonds is 7. The van der Waals surface area contributed by atoms with Crippen LogP contribution in [0.25, 0.3) is 0 Å². The van der Waals surface area contributed by atoms with Crippen molar-refractivity contribution in [2.75, 3.05) is 39.0 Å². The molecular weight excluding hydrogens is 432 g/mol. The smallest absolute Gasteiger partial charge is 0.243 e. The van der Waals surface area contributed by atoms with Gasteiger partial charge in [0.1, 0.15) is 5.75 Å². The van der Waals surface area contributed by atoms with Gasteiger partial charge in [-0.3, -0.25) is 4.79 Å². The van der Waals surface area contributed by atoms with E-state index in [0.717, 1.165) is 10.6 Å². The lowest BCUT2D eigenvalue weighted by Crippen LogP contribution is -2.50. The molecule has 156 valence electrons. The standard InChI is InChI=1S/C20H23ClN2O4S2/c1-27-17-5-7-18(8-6-17)28-14-9-20(24)22-10-12-23(13-11-22)29(25,26)19-4-2-3-16(21)15-19/h2-8,15H,9-14H2,1H3. The van der Waals surface area contributed by atoms with Gasteiger partial charge in [-0.2, -0.15) is 4.31 Å². The molecule has 0 aliphatic carbocycles. The Morgan fingerprint density at radius 2 is 1.79 bits per heavy atom. The predicted molar refractivity (Wildman–Crippen MR) is 115 cm³/mol. The average Bonchev–Trinajstić information content (AvgIpc) is 2.74. The molecule has 0 radical (unpaired) electrons. The number of carbonyl (C=O) groups is 1. The third-order valence-corrected chi connectivity index (χ3v) is 7.81. The average molecular weight is 455 g/mol. The van der Waals surface area contributed by atoms with Gasteiger partial charge in [-0.05, 0) is 42.5 Å². The third kappa shape index (κ3) is 5.66. The summed E-state index contributed by atoms with van der Waals surface area (Å²) in [6.07, 6.45) is 0.414. The first-order valence-corrected chi connectivity index (χ1v) is 12.0. The van der Waals surface area contributed by atoms with Gasteiger partial charge in [0.25, 0.3) is 0 Å². The van der Waals surface area contributed by atoms with E-state index in [4.69, 9.17) is 16.3 Å². The Bertz CT molecular complexity index is 943. The van der Waals surface area contributed by atoms with E-state index in [1.165, 1.54) is 16.4 Å². The minimum absolute atomic E-state index is 0.0471. The maximum atomic E-state index is 12.7. The molecule has 1 saturated heterocycles. The fourth-order valence-corrected chi connectivity index (χ4v) is 5.61. The second-order valence-corrected chi connectivity index (χ2v) is 10.1. The molecule has 0 spiro atoms. The van der Waals surface area contributed by atoms with Gasteiger partial charge in [0, 0.05) is 48.3 Å². The Morgan fingerprint density at radius 1 is 1.10 bits per heavy atom. The number of methoxy groups -OCH3 is 1. The number of carbonyl (C=O) groups excluding carboxylic acids is 1. The molecule has 1 aliphatic heterocycles. The topological polar surface area (TPSA) is 66.9 Å². The SMILES string of the molecule is COc1ccc(SCCC(=O)N2CCN(S(=O)(=O)c3cccc(Cl)c3)CC2)cc1. The Labute approximate surface area is 180 Å². The summed E-state index contributed by atoms with van der Waals surface area (Å²) in [6.45, 7) is 1.36. The van der Waals surface area contributed by atoms with Crippen molar-refractivity contribution < 1.29 is 17.9 Å². The molecule has 2 aromatic rings. The Kier molecular flexibility index (Phi) is 7.45. The zero-order valence-corrected chi connectivity index (χ0v) is 18.5. The van der Waals surface area contributed by atoms with Crippen LogP contribution in [0.4, 0.5) is 0 Å². The van der Waals surface area contributed by atoms with Gasteiger partial charge in [-0.25, -0.2) is 8.42 Å².